The Morgan fingerprint density at radius 1 is 1.00 bits per heavy atom. The fourth-order valence-corrected chi connectivity index (χ4v) is 2.40. The fraction of sp³-hybridized carbons (Fsp3) is 1.00. The van der Waals surface area contributed by atoms with Gasteiger partial charge in [-0.05, 0) is 26.4 Å². The van der Waals surface area contributed by atoms with Crippen molar-refractivity contribution in [2.45, 2.75) is 71.8 Å². The number of nitrogens with zero attached hydrogens (tertiary/aromatic N) is 1. The number of nitrogens with one attached hydrogen (secondary N) is 1. The monoisotopic (exact) mass is 272 g/mol. The van der Waals surface area contributed by atoms with Crippen LogP contribution in [-0.4, -0.2) is 48.3 Å². The van der Waals surface area contributed by atoms with Crippen LogP contribution >= 0.6 is 0 Å². The highest BCUT2D eigenvalue weighted by atomic mass is 16.3. The van der Waals surface area contributed by atoms with Gasteiger partial charge in [0.1, 0.15) is 0 Å². The Bertz CT molecular complexity index is 195. The standard InChI is InChI=1S/C16H36N2O/c1-5-8-9-10-11-12-16(4,15-19)17-13-14-18(6-2)7-3/h17,19H,5-15H2,1-4H3. The molecular formula is C16H36N2O. The minimum Gasteiger partial charge on any atom is -0.394 e. The summed E-state index contributed by atoms with van der Waals surface area (Å²) in [6.07, 6.45) is 7.55. The van der Waals surface area contributed by atoms with Crippen molar-refractivity contribution in [3.8, 4) is 0 Å². The molecule has 2 N–H and O–H groups in total. The highest BCUT2D eigenvalue weighted by molar-refractivity contribution is 4.82. The molecular weight excluding hydrogens is 236 g/mol. The molecule has 0 aliphatic carbocycles. The number of aliphatic hydroxyl groups is 1. The van der Waals surface area contributed by atoms with Crippen molar-refractivity contribution in [2.24, 2.45) is 0 Å². The third kappa shape index (κ3) is 9.42. The molecule has 19 heavy (non-hydrogen) atoms. The Balaban J connectivity index is 3.81. The van der Waals surface area contributed by atoms with Crippen molar-refractivity contribution in [1.29, 1.82) is 0 Å². The molecule has 1 unspecified atom stereocenters. The zero-order valence-electron chi connectivity index (χ0n) is 13.7. The second-order valence-corrected chi connectivity index (χ2v) is 5.84. The van der Waals surface area contributed by atoms with E-state index in [1.807, 2.05) is 0 Å². The van der Waals surface area contributed by atoms with E-state index in [0.29, 0.717) is 0 Å². The largest absolute Gasteiger partial charge is 0.394 e. The zero-order chi connectivity index (χ0) is 14.6. The first-order valence-corrected chi connectivity index (χ1v) is 8.20. The summed E-state index contributed by atoms with van der Waals surface area (Å²) in [5.41, 5.74) is -0.0978. The second kappa shape index (κ2) is 11.7. The smallest absolute Gasteiger partial charge is 0.0610 e. The molecule has 116 valence electrons. The SMILES string of the molecule is CCCCCCCC(C)(CO)NCCN(CC)CC. The molecule has 1 atom stereocenters. The summed E-state index contributed by atoms with van der Waals surface area (Å²) in [7, 11) is 0. The Kier molecular flexibility index (Phi) is 11.6. The summed E-state index contributed by atoms with van der Waals surface area (Å²) in [4.78, 5) is 2.41. The van der Waals surface area contributed by atoms with Gasteiger partial charge in [0, 0.05) is 18.6 Å². The molecule has 0 rings (SSSR count). The maximum atomic E-state index is 9.59. The van der Waals surface area contributed by atoms with Crippen molar-refractivity contribution in [2.75, 3.05) is 32.8 Å². The topological polar surface area (TPSA) is 35.5 Å². The third-order valence-corrected chi connectivity index (χ3v) is 4.06. The van der Waals surface area contributed by atoms with Gasteiger partial charge in [0.25, 0.3) is 0 Å². The number of rotatable bonds is 13. The molecule has 0 aliphatic rings. The van der Waals surface area contributed by atoms with E-state index in [0.717, 1.165) is 32.6 Å². The van der Waals surface area contributed by atoms with Crippen LogP contribution in [0.15, 0.2) is 0 Å². The van der Waals surface area contributed by atoms with E-state index >= 15 is 0 Å². The van der Waals surface area contributed by atoms with Crippen LogP contribution in [0.25, 0.3) is 0 Å². The van der Waals surface area contributed by atoms with E-state index in [1.165, 1.54) is 32.1 Å². The Labute approximate surface area is 120 Å². The summed E-state index contributed by atoms with van der Waals surface area (Å²) in [5.74, 6) is 0. The lowest BCUT2D eigenvalue weighted by Gasteiger charge is -2.30. The number of likely N-dealkylation sites (N-methyl/N-ethyl adjacent to an activating group) is 1. The van der Waals surface area contributed by atoms with Gasteiger partial charge < -0.3 is 15.3 Å². The van der Waals surface area contributed by atoms with Crippen molar-refractivity contribution >= 4 is 0 Å². The first-order chi connectivity index (χ1) is 9.11. The molecule has 0 aromatic heterocycles. The lowest BCUT2D eigenvalue weighted by Crippen LogP contribution is -2.48. The Morgan fingerprint density at radius 3 is 2.16 bits per heavy atom. The van der Waals surface area contributed by atoms with Crippen molar-refractivity contribution in [3.63, 3.8) is 0 Å². The molecule has 0 aliphatic heterocycles. The predicted molar refractivity (Wildman–Crippen MR) is 84.7 cm³/mol. The fourth-order valence-electron chi connectivity index (χ4n) is 2.40. The van der Waals surface area contributed by atoms with Gasteiger partial charge in [-0.25, -0.2) is 0 Å². The third-order valence-electron chi connectivity index (χ3n) is 4.06. The van der Waals surface area contributed by atoms with E-state index in [4.69, 9.17) is 0 Å². The maximum Gasteiger partial charge on any atom is 0.0610 e. The van der Waals surface area contributed by atoms with Gasteiger partial charge in [0.2, 0.25) is 0 Å². The van der Waals surface area contributed by atoms with E-state index in [-0.39, 0.29) is 12.1 Å². The van der Waals surface area contributed by atoms with Gasteiger partial charge in [0.15, 0.2) is 0 Å². The minimum atomic E-state index is -0.0978. The average Bonchev–Trinajstić information content (AvgIpc) is 2.43. The molecule has 0 bridgehead atoms. The summed E-state index contributed by atoms with van der Waals surface area (Å²) >= 11 is 0. The number of hydrogen-bond acceptors (Lipinski definition) is 3. The average molecular weight is 272 g/mol. The van der Waals surface area contributed by atoms with E-state index in [2.05, 4.69) is 37.9 Å². The van der Waals surface area contributed by atoms with Crippen LogP contribution in [0, 0.1) is 0 Å². The van der Waals surface area contributed by atoms with Crippen LogP contribution in [0.5, 0.6) is 0 Å². The van der Waals surface area contributed by atoms with E-state index < -0.39 is 0 Å². The number of aliphatic hydroxyl groups excluding tert-OH is 1. The van der Waals surface area contributed by atoms with Gasteiger partial charge in [-0.1, -0.05) is 52.9 Å². The molecule has 0 amide bonds. The molecule has 0 spiro atoms. The first kappa shape index (κ1) is 18.9. The van der Waals surface area contributed by atoms with E-state index in [1.54, 1.807) is 0 Å². The number of unbranched alkanes of at least 4 members (excludes halogenated alkanes) is 4. The highest BCUT2D eigenvalue weighted by Crippen LogP contribution is 2.15. The van der Waals surface area contributed by atoms with Gasteiger partial charge in [0.05, 0.1) is 6.61 Å². The van der Waals surface area contributed by atoms with Crippen molar-refractivity contribution in [1.82, 2.24) is 10.2 Å². The Hall–Kier alpha value is -0.120. The van der Waals surface area contributed by atoms with Crippen LogP contribution in [0.4, 0.5) is 0 Å². The van der Waals surface area contributed by atoms with Gasteiger partial charge in [-0.2, -0.15) is 0 Å². The summed E-state index contributed by atoms with van der Waals surface area (Å²) < 4.78 is 0. The maximum absolute atomic E-state index is 9.59. The van der Waals surface area contributed by atoms with Gasteiger partial charge in [-0.15, -0.1) is 0 Å². The van der Waals surface area contributed by atoms with Crippen LogP contribution in [0.2, 0.25) is 0 Å². The lowest BCUT2D eigenvalue weighted by molar-refractivity contribution is 0.157. The van der Waals surface area contributed by atoms with Crippen molar-refractivity contribution in [3.05, 3.63) is 0 Å². The van der Waals surface area contributed by atoms with Crippen LogP contribution in [-0.2, 0) is 0 Å². The molecule has 0 saturated carbocycles. The molecule has 3 heteroatoms. The minimum absolute atomic E-state index is 0.0978. The molecule has 0 saturated heterocycles. The molecule has 0 radical (unpaired) electrons. The normalized spacial score (nSPS) is 14.8. The van der Waals surface area contributed by atoms with E-state index in [9.17, 15) is 5.11 Å². The number of hydrogen-bond donors (Lipinski definition) is 2. The van der Waals surface area contributed by atoms with Crippen molar-refractivity contribution < 1.29 is 5.11 Å². The molecule has 0 aromatic carbocycles. The summed E-state index contributed by atoms with van der Waals surface area (Å²) in [5, 5.41) is 13.1. The lowest BCUT2D eigenvalue weighted by atomic mass is 9.94. The van der Waals surface area contributed by atoms with Gasteiger partial charge in [-0.3, -0.25) is 0 Å². The molecule has 0 fully saturated rings. The predicted octanol–water partition coefficient (Wildman–Crippen LogP) is 3.03. The highest BCUT2D eigenvalue weighted by Gasteiger charge is 2.21. The van der Waals surface area contributed by atoms with Crippen LogP contribution in [0.3, 0.4) is 0 Å². The molecule has 3 nitrogen and oxygen atoms in total. The Morgan fingerprint density at radius 2 is 1.63 bits per heavy atom. The quantitative estimate of drug-likeness (QED) is 0.506. The van der Waals surface area contributed by atoms with Gasteiger partial charge >= 0.3 is 0 Å². The molecule has 0 heterocycles. The van der Waals surface area contributed by atoms with Crippen LogP contribution in [0.1, 0.15) is 66.2 Å². The summed E-state index contributed by atoms with van der Waals surface area (Å²) in [6, 6.07) is 0. The molecule has 0 aromatic rings. The summed E-state index contributed by atoms with van der Waals surface area (Å²) in [6.45, 7) is 13.3. The first-order valence-electron chi connectivity index (χ1n) is 8.20. The van der Waals surface area contributed by atoms with Crippen LogP contribution < -0.4 is 5.32 Å². The second-order valence-electron chi connectivity index (χ2n) is 5.84. The zero-order valence-corrected chi connectivity index (χ0v) is 13.7.